The van der Waals surface area contributed by atoms with E-state index in [0.717, 1.165) is 18.7 Å². The quantitative estimate of drug-likeness (QED) is 0.738. The lowest BCUT2D eigenvalue weighted by molar-refractivity contribution is 0.0657. The highest BCUT2D eigenvalue weighted by atomic mass is 16.5. The molecule has 2 heteroatoms. The van der Waals surface area contributed by atoms with E-state index >= 15 is 0 Å². The Hall–Kier alpha value is -1.02. The minimum Gasteiger partial charge on any atom is -0.487 e. The lowest BCUT2D eigenvalue weighted by Gasteiger charge is -2.39. The van der Waals surface area contributed by atoms with Crippen molar-refractivity contribution in [1.82, 2.24) is 5.32 Å². The third kappa shape index (κ3) is 4.23. The fourth-order valence-corrected chi connectivity index (χ4v) is 3.41. The number of unbranched alkanes of at least 4 members (excludes halogenated alkanes) is 3. The number of fused-ring (bicyclic) bond motifs is 1. The summed E-state index contributed by atoms with van der Waals surface area (Å²) in [6.07, 6.45) is 6.28. The minimum absolute atomic E-state index is 0.0890. The molecule has 1 aliphatic heterocycles. The van der Waals surface area contributed by atoms with E-state index in [1.54, 1.807) is 0 Å². The molecule has 1 aliphatic rings. The normalized spacial score (nSPS) is 20.0. The SMILES string of the molecule is CCCCCCNC1CC(C)(C)Oc2cc(C)cc(C)c21. The highest BCUT2D eigenvalue weighted by Crippen LogP contribution is 2.41. The Morgan fingerprint density at radius 2 is 1.95 bits per heavy atom. The van der Waals surface area contributed by atoms with Crippen molar-refractivity contribution >= 4 is 0 Å². The van der Waals surface area contributed by atoms with E-state index in [4.69, 9.17) is 4.74 Å². The third-order valence-electron chi connectivity index (χ3n) is 4.34. The molecular formula is C19H31NO. The standard InChI is InChI=1S/C19H31NO/c1-6-7-8-9-10-20-16-13-19(4,5)21-17-12-14(2)11-15(3)18(16)17/h11-12,16,20H,6-10,13H2,1-5H3. The van der Waals surface area contributed by atoms with Gasteiger partial charge in [-0.3, -0.25) is 0 Å². The Morgan fingerprint density at radius 3 is 2.67 bits per heavy atom. The zero-order valence-electron chi connectivity index (χ0n) is 14.4. The number of hydrogen-bond acceptors (Lipinski definition) is 2. The Balaban J connectivity index is 2.11. The molecule has 1 aromatic carbocycles. The predicted molar refractivity (Wildman–Crippen MR) is 90.1 cm³/mol. The number of benzene rings is 1. The second kappa shape index (κ2) is 6.83. The van der Waals surface area contributed by atoms with Crippen LogP contribution in [0.25, 0.3) is 0 Å². The molecule has 21 heavy (non-hydrogen) atoms. The molecule has 0 bridgehead atoms. The Morgan fingerprint density at radius 1 is 1.19 bits per heavy atom. The van der Waals surface area contributed by atoms with Crippen LogP contribution in [-0.4, -0.2) is 12.1 Å². The topological polar surface area (TPSA) is 21.3 Å². The summed E-state index contributed by atoms with van der Waals surface area (Å²) in [4.78, 5) is 0. The van der Waals surface area contributed by atoms with E-state index < -0.39 is 0 Å². The van der Waals surface area contributed by atoms with Crippen LogP contribution in [0.3, 0.4) is 0 Å². The zero-order chi connectivity index (χ0) is 15.5. The van der Waals surface area contributed by atoms with Gasteiger partial charge in [-0.05, 0) is 57.9 Å². The van der Waals surface area contributed by atoms with E-state index in [1.165, 1.54) is 42.4 Å². The van der Waals surface area contributed by atoms with E-state index in [-0.39, 0.29) is 5.60 Å². The first-order chi connectivity index (χ1) is 9.93. The van der Waals surface area contributed by atoms with Crippen molar-refractivity contribution in [2.45, 2.75) is 78.4 Å². The second-order valence-electron chi connectivity index (χ2n) is 7.13. The van der Waals surface area contributed by atoms with Gasteiger partial charge in [0.05, 0.1) is 0 Å². The average Bonchev–Trinajstić information content (AvgIpc) is 2.35. The van der Waals surface area contributed by atoms with Crippen LogP contribution in [-0.2, 0) is 0 Å². The molecule has 1 atom stereocenters. The fourth-order valence-electron chi connectivity index (χ4n) is 3.41. The van der Waals surface area contributed by atoms with Gasteiger partial charge in [-0.15, -0.1) is 0 Å². The maximum Gasteiger partial charge on any atom is 0.125 e. The van der Waals surface area contributed by atoms with Gasteiger partial charge in [0.2, 0.25) is 0 Å². The molecule has 0 saturated heterocycles. The Labute approximate surface area is 130 Å². The molecule has 1 unspecified atom stereocenters. The lowest BCUT2D eigenvalue weighted by atomic mass is 9.86. The van der Waals surface area contributed by atoms with Gasteiger partial charge in [-0.2, -0.15) is 0 Å². The van der Waals surface area contributed by atoms with E-state index in [2.05, 4.69) is 52.1 Å². The summed E-state index contributed by atoms with van der Waals surface area (Å²) in [5, 5.41) is 3.77. The van der Waals surface area contributed by atoms with Crippen molar-refractivity contribution in [1.29, 1.82) is 0 Å². The van der Waals surface area contributed by atoms with Crippen molar-refractivity contribution in [3.05, 3.63) is 28.8 Å². The number of hydrogen-bond donors (Lipinski definition) is 1. The molecule has 2 rings (SSSR count). The molecule has 0 spiro atoms. The molecule has 118 valence electrons. The van der Waals surface area contributed by atoms with Gasteiger partial charge in [0.15, 0.2) is 0 Å². The van der Waals surface area contributed by atoms with Crippen molar-refractivity contribution < 1.29 is 4.74 Å². The summed E-state index contributed by atoms with van der Waals surface area (Å²) in [6, 6.07) is 4.88. The molecule has 1 heterocycles. The van der Waals surface area contributed by atoms with Gasteiger partial charge in [-0.1, -0.05) is 32.3 Å². The maximum absolute atomic E-state index is 6.22. The van der Waals surface area contributed by atoms with Gasteiger partial charge in [-0.25, -0.2) is 0 Å². The molecule has 0 amide bonds. The monoisotopic (exact) mass is 289 g/mol. The van der Waals surface area contributed by atoms with Crippen LogP contribution in [0.15, 0.2) is 12.1 Å². The summed E-state index contributed by atoms with van der Waals surface area (Å²) >= 11 is 0. The largest absolute Gasteiger partial charge is 0.487 e. The van der Waals surface area contributed by atoms with Crippen LogP contribution in [0.5, 0.6) is 5.75 Å². The Kier molecular flexibility index (Phi) is 5.32. The maximum atomic E-state index is 6.22. The molecular weight excluding hydrogens is 258 g/mol. The fraction of sp³-hybridized carbons (Fsp3) is 0.684. The summed E-state index contributed by atoms with van der Waals surface area (Å²) in [7, 11) is 0. The first-order valence-corrected chi connectivity index (χ1v) is 8.46. The van der Waals surface area contributed by atoms with E-state index in [1.807, 2.05) is 0 Å². The van der Waals surface area contributed by atoms with Crippen molar-refractivity contribution in [3.63, 3.8) is 0 Å². The molecule has 1 N–H and O–H groups in total. The molecule has 0 radical (unpaired) electrons. The van der Waals surface area contributed by atoms with Gasteiger partial charge >= 0.3 is 0 Å². The Bertz CT molecular complexity index is 479. The first kappa shape index (κ1) is 16.4. The number of rotatable bonds is 6. The summed E-state index contributed by atoms with van der Waals surface area (Å²) in [6.45, 7) is 12.1. The third-order valence-corrected chi connectivity index (χ3v) is 4.34. The summed E-state index contributed by atoms with van der Waals surface area (Å²) in [5.41, 5.74) is 3.92. The molecule has 0 aromatic heterocycles. The van der Waals surface area contributed by atoms with Crippen molar-refractivity contribution in [3.8, 4) is 5.75 Å². The van der Waals surface area contributed by atoms with Crippen LogP contribution in [0.4, 0.5) is 0 Å². The van der Waals surface area contributed by atoms with Crippen LogP contribution < -0.4 is 10.1 Å². The highest BCUT2D eigenvalue weighted by Gasteiger charge is 2.34. The predicted octanol–water partition coefficient (Wildman–Crippen LogP) is 5.08. The van der Waals surface area contributed by atoms with Crippen molar-refractivity contribution in [2.24, 2.45) is 0 Å². The number of nitrogens with one attached hydrogen (secondary N) is 1. The lowest BCUT2D eigenvalue weighted by Crippen LogP contribution is -2.40. The summed E-state index contributed by atoms with van der Waals surface area (Å²) < 4.78 is 6.22. The zero-order valence-corrected chi connectivity index (χ0v) is 14.4. The van der Waals surface area contributed by atoms with E-state index in [0.29, 0.717) is 6.04 Å². The summed E-state index contributed by atoms with van der Waals surface area (Å²) in [5.74, 6) is 1.08. The molecule has 0 fully saturated rings. The van der Waals surface area contributed by atoms with E-state index in [9.17, 15) is 0 Å². The molecule has 2 nitrogen and oxygen atoms in total. The number of aryl methyl sites for hydroxylation is 2. The van der Waals surface area contributed by atoms with Crippen molar-refractivity contribution in [2.75, 3.05) is 6.54 Å². The molecule has 0 aliphatic carbocycles. The van der Waals surface area contributed by atoms with Crippen LogP contribution in [0.2, 0.25) is 0 Å². The van der Waals surface area contributed by atoms with Gasteiger partial charge in [0.1, 0.15) is 11.4 Å². The first-order valence-electron chi connectivity index (χ1n) is 8.46. The van der Waals surface area contributed by atoms with Crippen LogP contribution in [0, 0.1) is 13.8 Å². The van der Waals surface area contributed by atoms with Gasteiger partial charge in [0, 0.05) is 18.0 Å². The smallest absolute Gasteiger partial charge is 0.125 e. The van der Waals surface area contributed by atoms with Gasteiger partial charge in [0.25, 0.3) is 0 Å². The minimum atomic E-state index is -0.0890. The van der Waals surface area contributed by atoms with Crippen LogP contribution in [0.1, 0.15) is 75.6 Å². The average molecular weight is 289 g/mol. The molecule has 1 aromatic rings. The highest BCUT2D eigenvalue weighted by molar-refractivity contribution is 5.47. The molecule has 0 saturated carbocycles. The van der Waals surface area contributed by atoms with Crippen LogP contribution >= 0.6 is 0 Å². The second-order valence-corrected chi connectivity index (χ2v) is 7.13. The number of ether oxygens (including phenoxy) is 1. The van der Waals surface area contributed by atoms with Gasteiger partial charge < -0.3 is 10.1 Å².